The van der Waals surface area contributed by atoms with Crippen LogP contribution in [0, 0.1) is 12.8 Å². The molecule has 1 saturated heterocycles. The maximum absolute atomic E-state index is 13.5. The molecule has 1 aromatic carbocycles. The zero-order valence-corrected chi connectivity index (χ0v) is 20.3. The molecule has 6 nitrogen and oxygen atoms in total. The fraction of sp³-hybridized carbons (Fsp3) is 0.250. The summed E-state index contributed by atoms with van der Waals surface area (Å²) in [6.07, 6.45) is 1.25. The number of para-hydroxylation sites is 1. The summed E-state index contributed by atoms with van der Waals surface area (Å²) in [6, 6.07) is 13.3. The number of nitrogens with one attached hydrogen (secondary N) is 1. The summed E-state index contributed by atoms with van der Waals surface area (Å²) in [5, 5.41) is 6.27. The van der Waals surface area contributed by atoms with Gasteiger partial charge in [-0.1, -0.05) is 29.8 Å². The molecule has 0 atom stereocenters. The highest BCUT2D eigenvalue weighted by Crippen LogP contribution is 2.33. The summed E-state index contributed by atoms with van der Waals surface area (Å²) in [7, 11) is 0. The van der Waals surface area contributed by atoms with E-state index < -0.39 is 0 Å². The van der Waals surface area contributed by atoms with Gasteiger partial charge in [-0.25, -0.2) is 9.97 Å². The topological polar surface area (TPSA) is 75.2 Å². The fourth-order valence-corrected chi connectivity index (χ4v) is 5.76. The molecule has 5 rings (SSSR count). The number of halogens is 1. The molecule has 3 aromatic heterocycles. The number of thiazole rings is 1. The van der Waals surface area contributed by atoms with Crippen LogP contribution in [0.3, 0.4) is 0 Å². The number of rotatable bonds is 4. The average molecular weight is 497 g/mol. The third-order valence-corrected chi connectivity index (χ3v) is 7.90. The van der Waals surface area contributed by atoms with Crippen LogP contribution in [-0.2, 0) is 4.79 Å². The van der Waals surface area contributed by atoms with Gasteiger partial charge in [0.25, 0.3) is 5.91 Å². The first-order valence-electron chi connectivity index (χ1n) is 10.7. The molecule has 0 bridgehead atoms. The van der Waals surface area contributed by atoms with Crippen LogP contribution in [0.5, 0.6) is 0 Å². The lowest BCUT2D eigenvalue weighted by Gasteiger charge is -2.31. The molecule has 0 radical (unpaired) electrons. The minimum Gasteiger partial charge on any atom is -0.339 e. The number of anilines is 1. The molecule has 4 aromatic rings. The molecule has 168 valence electrons. The van der Waals surface area contributed by atoms with Crippen molar-refractivity contribution in [3.05, 3.63) is 63.4 Å². The van der Waals surface area contributed by atoms with Gasteiger partial charge in [-0.3, -0.25) is 9.59 Å². The highest BCUT2D eigenvalue weighted by molar-refractivity contribution is 7.19. The fourth-order valence-electron chi connectivity index (χ4n) is 4.06. The standard InChI is InChI=1S/C24H21ClN4O2S2/c1-14-13-32-24(26-14)28-22(30)15-8-10-29(11-9-15)23(31)17-12-19(20-6-7-21(25)33-20)27-18-5-3-2-4-16(17)18/h2-7,12-13,15H,8-11H2,1H3,(H,26,28,30). The van der Waals surface area contributed by atoms with Gasteiger partial charge in [-0.15, -0.1) is 22.7 Å². The number of hydrogen-bond donors (Lipinski definition) is 1. The zero-order chi connectivity index (χ0) is 22.9. The molecule has 0 aliphatic carbocycles. The van der Waals surface area contributed by atoms with E-state index in [1.165, 1.54) is 22.7 Å². The van der Waals surface area contributed by atoms with Crippen molar-refractivity contribution < 1.29 is 9.59 Å². The largest absolute Gasteiger partial charge is 0.339 e. The summed E-state index contributed by atoms with van der Waals surface area (Å²) in [4.78, 5) is 38.0. The second-order valence-corrected chi connectivity index (χ2v) is 10.6. The highest BCUT2D eigenvalue weighted by atomic mass is 35.5. The van der Waals surface area contributed by atoms with Gasteiger partial charge in [0.1, 0.15) is 0 Å². The van der Waals surface area contributed by atoms with Crippen molar-refractivity contribution in [3.8, 4) is 10.6 Å². The molecule has 1 aliphatic heterocycles. The van der Waals surface area contributed by atoms with Crippen molar-refractivity contribution in [2.24, 2.45) is 5.92 Å². The van der Waals surface area contributed by atoms with Gasteiger partial charge >= 0.3 is 0 Å². The normalized spacial score (nSPS) is 14.5. The number of aryl methyl sites for hydroxylation is 1. The Morgan fingerprint density at radius 2 is 1.91 bits per heavy atom. The van der Waals surface area contributed by atoms with E-state index in [4.69, 9.17) is 16.6 Å². The van der Waals surface area contributed by atoms with Crippen LogP contribution in [0.4, 0.5) is 5.13 Å². The Bertz CT molecular complexity index is 1340. The Kier molecular flexibility index (Phi) is 6.14. The lowest BCUT2D eigenvalue weighted by Crippen LogP contribution is -2.41. The van der Waals surface area contributed by atoms with Crippen molar-refractivity contribution in [2.45, 2.75) is 19.8 Å². The number of benzene rings is 1. The SMILES string of the molecule is Cc1csc(NC(=O)C2CCN(C(=O)c3cc(-c4ccc(Cl)s4)nc4ccccc34)CC2)n1. The van der Waals surface area contributed by atoms with Crippen LogP contribution in [0.2, 0.25) is 4.34 Å². The maximum atomic E-state index is 13.5. The summed E-state index contributed by atoms with van der Waals surface area (Å²) in [5.41, 5.74) is 3.03. The van der Waals surface area contributed by atoms with E-state index in [0.717, 1.165) is 27.2 Å². The molecule has 1 fully saturated rings. The van der Waals surface area contributed by atoms with Gasteiger partial charge in [0.05, 0.1) is 31.7 Å². The number of pyridine rings is 1. The zero-order valence-electron chi connectivity index (χ0n) is 17.9. The van der Waals surface area contributed by atoms with Crippen LogP contribution in [0.1, 0.15) is 28.9 Å². The first-order valence-corrected chi connectivity index (χ1v) is 12.7. The molecule has 0 unspecified atom stereocenters. The average Bonchev–Trinajstić information content (AvgIpc) is 3.45. The number of likely N-dealkylation sites (tertiary alicyclic amines) is 1. The second-order valence-electron chi connectivity index (χ2n) is 8.03. The van der Waals surface area contributed by atoms with E-state index >= 15 is 0 Å². The molecular weight excluding hydrogens is 476 g/mol. The smallest absolute Gasteiger partial charge is 0.254 e. The van der Waals surface area contributed by atoms with Gasteiger partial charge in [-0.2, -0.15) is 0 Å². The maximum Gasteiger partial charge on any atom is 0.254 e. The van der Waals surface area contributed by atoms with Crippen LogP contribution < -0.4 is 5.32 Å². The monoisotopic (exact) mass is 496 g/mol. The number of piperidine rings is 1. The number of fused-ring (bicyclic) bond motifs is 1. The van der Waals surface area contributed by atoms with Crippen molar-refractivity contribution >= 4 is 62.1 Å². The minimum absolute atomic E-state index is 0.0253. The Morgan fingerprint density at radius 1 is 1.12 bits per heavy atom. The predicted molar refractivity (Wildman–Crippen MR) is 134 cm³/mol. The van der Waals surface area contributed by atoms with E-state index in [-0.39, 0.29) is 17.7 Å². The first-order chi connectivity index (χ1) is 16.0. The Hall–Kier alpha value is -2.81. The highest BCUT2D eigenvalue weighted by Gasteiger charge is 2.29. The van der Waals surface area contributed by atoms with E-state index in [9.17, 15) is 9.59 Å². The first kappa shape index (κ1) is 22.0. The Morgan fingerprint density at radius 3 is 2.61 bits per heavy atom. The minimum atomic E-state index is -0.128. The van der Waals surface area contributed by atoms with Crippen molar-refractivity contribution in [3.63, 3.8) is 0 Å². The number of carbonyl (C=O) groups is 2. The van der Waals surface area contributed by atoms with E-state index in [2.05, 4.69) is 10.3 Å². The van der Waals surface area contributed by atoms with E-state index in [0.29, 0.717) is 41.0 Å². The number of nitrogens with zero attached hydrogens (tertiary/aromatic N) is 3. The van der Waals surface area contributed by atoms with Crippen LogP contribution in [0.15, 0.2) is 47.8 Å². The van der Waals surface area contributed by atoms with Gasteiger partial charge in [0.15, 0.2) is 5.13 Å². The number of carbonyl (C=O) groups excluding carboxylic acids is 2. The van der Waals surface area contributed by atoms with Gasteiger partial charge in [0, 0.05) is 29.8 Å². The van der Waals surface area contributed by atoms with Crippen LogP contribution in [0.25, 0.3) is 21.5 Å². The lowest BCUT2D eigenvalue weighted by molar-refractivity contribution is -0.121. The Labute approximate surface area is 204 Å². The summed E-state index contributed by atoms with van der Waals surface area (Å²) >= 11 is 8.99. The number of amides is 2. The molecule has 1 N–H and O–H groups in total. The van der Waals surface area contributed by atoms with Gasteiger partial charge in [-0.05, 0) is 44.0 Å². The third kappa shape index (κ3) is 4.64. The molecule has 0 saturated carbocycles. The van der Waals surface area contributed by atoms with Gasteiger partial charge in [0.2, 0.25) is 5.91 Å². The molecular formula is C24H21ClN4O2S2. The Balaban J connectivity index is 1.34. The summed E-state index contributed by atoms with van der Waals surface area (Å²) < 4.78 is 0.682. The van der Waals surface area contributed by atoms with Gasteiger partial charge < -0.3 is 10.2 Å². The molecule has 9 heteroatoms. The summed E-state index contributed by atoms with van der Waals surface area (Å²) in [6.45, 7) is 2.97. The molecule has 0 spiro atoms. The van der Waals surface area contributed by atoms with E-state index in [1.54, 1.807) is 0 Å². The number of thiophene rings is 1. The van der Waals surface area contributed by atoms with Crippen LogP contribution >= 0.6 is 34.3 Å². The molecule has 4 heterocycles. The molecule has 1 aliphatic rings. The molecule has 33 heavy (non-hydrogen) atoms. The predicted octanol–water partition coefficient (Wildman–Crippen LogP) is 5.87. The number of hydrogen-bond acceptors (Lipinski definition) is 6. The van der Waals surface area contributed by atoms with E-state index in [1.807, 2.05) is 59.7 Å². The lowest BCUT2D eigenvalue weighted by atomic mass is 9.95. The third-order valence-electron chi connectivity index (χ3n) is 5.77. The van der Waals surface area contributed by atoms with Crippen LogP contribution in [-0.4, -0.2) is 39.8 Å². The van der Waals surface area contributed by atoms with Crippen molar-refractivity contribution in [2.75, 3.05) is 18.4 Å². The quantitative estimate of drug-likeness (QED) is 0.383. The second kappa shape index (κ2) is 9.21. The number of aromatic nitrogens is 2. The summed E-state index contributed by atoms with van der Waals surface area (Å²) in [5.74, 6) is -0.189. The van der Waals surface area contributed by atoms with Crippen molar-refractivity contribution in [1.82, 2.24) is 14.9 Å². The van der Waals surface area contributed by atoms with Crippen molar-refractivity contribution in [1.29, 1.82) is 0 Å². The molecule has 2 amide bonds.